The van der Waals surface area contributed by atoms with Gasteiger partial charge in [0.05, 0.1) is 18.4 Å². The summed E-state index contributed by atoms with van der Waals surface area (Å²) in [5.41, 5.74) is 0.931. The lowest BCUT2D eigenvalue weighted by atomic mass is 10.5. The minimum atomic E-state index is -3.36. The highest BCUT2D eigenvalue weighted by Crippen LogP contribution is 2.24. The Morgan fingerprint density at radius 1 is 1.33 bits per heavy atom. The molecule has 0 aliphatic rings. The second-order valence-corrected chi connectivity index (χ2v) is 8.54. The predicted molar refractivity (Wildman–Crippen MR) is 83.5 cm³/mol. The average Bonchev–Trinajstić information content (AvgIpc) is 3.10. The number of anilines is 1. The van der Waals surface area contributed by atoms with Crippen LogP contribution in [0.4, 0.5) is 5.13 Å². The van der Waals surface area contributed by atoms with E-state index in [1.54, 1.807) is 16.6 Å². The lowest BCUT2D eigenvalue weighted by molar-refractivity contribution is 0.590. The van der Waals surface area contributed by atoms with Crippen LogP contribution in [0.3, 0.4) is 0 Å². The Morgan fingerprint density at radius 2 is 2.14 bits per heavy atom. The van der Waals surface area contributed by atoms with Crippen LogP contribution < -0.4 is 10.0 Å². The molecule has 0 amide bonds. The standard InChI is InChI=1S/C11H13N5O2S3/c1-7-6-16-11(14-7)20-10(15-16)13-5-8-3-4-9(19-8)21(17,18)12-2/h3-4,6,12H,5H2,1-2H3,(H,13,15). The van der Waals surface area contributed by atoms with Crippen LogP contribution in [0.1, 0.15) is 10.6 Å². The minimum Gasteiger partial charge on any atom is -0.355 e. The molecule has 0 unspecified atom stereocenters. The summed E-state index contributed by atoms with van der Waals surface area (Å²) in [7, 11) is -1.96. The van der Waals surface area contributed by atoms with Crippen molar-refractivity contribution >= 4 is 42.8 Å². The van der Waals surface area contributed by atoms with Crippen LogP contribution in [0, 0.1) is 6.92 Å². The number of thiophene rings is 1. The number of aromatic nitrogens is 3. The molecule has 3 aromatic heterocycles. The molecule has 3 heterocycles. The summed E-state index contributed by atoms with van der Waals surface area (Å²) in [6.45, 7) is 2.45. The van der Waals surface area contributed by atoms with Gasteiger partial charge in [0.15, 0.2) is 0 Å². The Balaban J connectivity index is 1.71. The zero-order valence-electron chi connectivity index (χ0n) is 11.3. The first-order chi connectivity index (χ1) is 9.98. The smallest absolute Gasteiger partial charge is 0.249 e. The summed E-state index contributed by atoms with van der Waals surface area (Å²) in [6.07, 6.45) is 1.86. The van der Waals surface area contributed by atoms with Crippen molar-refractivity contribution < 1.29 is 8.42 Å². The highest BCUT2D eigenvalue weighted by molar-refractivity contribution is 7.91. The van der Waals surface area contributed by atoms with Gasteiger partial charge in [-0.05, 0) is 26.1 Å². The Labute approximate surface area is 129 Å². The molecule has 0 bridgehead atoms. The van der Waals surface area contributed by atoms with Gasteiger partial charge < -0.3 is 5.32 Å². The van der Waals surface area contributed by atoms with Crippen LogP contribution >= 0.6 is 22.7 Å². The summed E-state index contributed by atoms with van der Waals surface area (Å²) in [4.78, 5) is 6.09. The van der Waals surface area contributed by atoms with E-state index in [4.69, 9.17) is 0 Å². The molecule has 7 nitrogen and oxygen atoms in total. The molecular formula is C11H13N5O2S3. The number of hydrogen-bond donors (Lipinski definition) is 2. The lowest BCUT2D eigenvalue weighted by Crippen LogP contribution is -2.17. The van der Waals surface area contributed by atoms with Crippen molar-refractivity contribution in [2.75, 3.05) is 12.4 Å². The zero-order valence-corrected chi connectivity index (χ0v) is 13.8. The predicted octanol–water partition coefficient (Wildman–Crippen LogP) is 1.68. The Hall–Kier alpha value is -1.49. The summed E-state index contributed by atoms with van der Waals surface area (Å²) in [6, 6.07) is 3.40. The van der Waals surface area contributed by atoms with Crippen molar-refractivity contribution in [2.45, 2.75) is 17.7 Å². The van der Waals surface area contributed by atoms with Gasteiger partial charge in [0.1, 0.15) is 4.21 Å². The van der Waals surface area contributed by atoms with E-state index < -0.39 is 10.0 Å². The molecule has 2 N–H and O–H groups in total. The number of aryl methyl sites for hydroxylation is 1. The average molecular weight is 343 g/mol. The van der Waals surface area contributed by atoms with Crippen LogP contribution in [0.5, 0.6) is 0 Å². The summed E-state index contributed by atoms with van der Waals surface area (Å²) < 4.78 is 27.7. The number of nitrogens with zero attached hydrogens (tertiary/aromatic N) is 3. The quantitative estimate of drug-likeness (QED) is 0.736. The van der Waals surface area contributed by atoms with Gasteiger partial charge in [-0.15, -0.1) is 16.4 Å². The van der Waals surface area contributed by atoms with Gasteiger partial charge in [-0.1, -0.05) is 11.3 Å². The Kier molecular flexibility index (Phi) is 3.69. The molecule has 0 atom stereocenters. The number of nitrogens with one attached hydrogen (secondary N) is 2. The largest absolute Gasteiger partial charge is 0.355 e. The minimum absolute atomic E-state index is 0.311. The first-order valence-electron chi connectivity index (χ1n) is 6.07. The van der Waals surface area contributed by atoms with Gasteiger partial charge >= 0.3 is 0 Å². The lowest BCUT2D eigenvalue weighted by Gasteiger charge is -1.99. The molecule has 112 valence electrons. The number of sulfonamides is 1. The molecule has 3 rings (SSSR count). The third-order valence-electron chi connectivity index (χ3n) is 2.75. The number of imidazole rings is 1. The first kappa shape index (κ1) is 14.4. The molecular weight excluding hydrogens is 330 g/mol. The van der Waals surface area contributed by atoms with Gasteiger partial charge in [-0.2, -0.15) is 0 Å². The van der Waals surface area contributed by atoms with E-state index in [0.29, 0.717) is 10.8 Å². The second-order valence-electron chi connectivity index (χ2n) is 4.30. The zero-order chi connectivity index (χ0) is 15.0. The fraction of sp³-hybridized carbons (Fsp3) is 0.273. The number of fused-ring (bicyclic) bond motifs is 1. The fourth-order valence-electron chi connectivity index (χ4n) is 1.74. The Bertz CT molecular complexity index is 845. The highest BCUT2D eigenvalue weighted by Gasteiger charge is 2.14. The van der Waals surface area contributed by atoms with Crippen LogP contribution in [0.2, 0.25) is 0 Å². The molecule has 0 saturated carbocycles. The van der Waals surface area contributed by atoms with Gasteiger partial charge in [0, 0.05) is 4.88 Å². The van der Waals surface area contributed by atoms with Crippen molar-refractivity contribution in [3.05, 3.63) is 28.9 Å². The van der Waals surface area contributed by atoms with Crippen molar-refractivity contribution in [1.82, 2.24) is 19.3 Å². The summed E-state index contributed by atoms with van der Waals surface area (Å²) in [5, 5.41) is 8.29. The first-order valence-corrected chi connectivity index (χ1v) is 9.18. The van der Waals surface area contributed by atoms with Crippen LogP contribution in [0.25, 0.3) is 4.96 Å². The molecule has 21 heavy (non-hydrogen) atoms. The van der Waals surface area contributed by atoms with Crippen LogP contribution in [-0.4, -0.2) is 30.1 Å². The van der Waals surface area contributed by atoms with Crippen molar-refractivity contribution in [2.24, 2.45) is 0 Å². The highest BCUT2D eigenvalue weighted by atomic mass is 32.2. The van der Waals surface area contributed by atoms with Crippen molar-refractivity contribution in [3.63, 3.8) is 0 Å². The maximum atomic E-state index is 11.7. The van der Waals surface area contributed by atoms with E-state index >= 15 is 0 Å². The summed E-state index contributed by atoms with van der Waals surface area (Å²) in [5.74, 6) is 0. The molecule has 0 fully saturated rings. The van der Waals surface area contributed by atoms with E-state index in [1.165, 1.54) is 29.7 Å². The van der Waals surface area contributed by atoms with E-state index in [1.807, 2.05) is 13.1 Å². The van der Waals surface area contributed by atoms with Gasteiger partial charge in [0.2, 0.25) is 20.1 Å². The maximum Gasteiger partial charge on any atom is 0.249 e. The SMILES string of the molecule is CNS(=O)(=O)c1ccc(CNc2nn3cc(C)nc3s2)s1. The van der Waals surface area contributed by atoms with Gasteiger partial charge in [-0.25, -0.2) is 22.6 Å². The second kappa shape index (κ2) is 5.37. The van der Waals surface area contributed by atoms with E-state index in [9.17, 15) is 8.42 Å². The van der Waals surface area contributed by atoms with E-state index in [-0.39, 0.29) is 0 Å². The molecule has 0 radical (unpaired) electrons. The topological polar surface area (TPSA) is 88.4 Å². The van der Waals surface area contributed by atoms with Crippen LogP contribution in [0.15, 0.2) is 22.5 Å². The van der Waals surface area contributed by atoms with Crippen molar-refractivity contribution in [3.8, 4) is 0 Å². The molecule has 0 aromatic carbocycles. The molecule has 0 saturated heterocycles. The van der Waals surface area contributed by atoms with E-state index in [0.717, 1.165) is 20.7 Å². The third-order valence-corrected chi connectivity index (χ3v) is 6.62. The molecule has 0 aliphatic carbocycles. The summed E-state index contributed by atoms with van der Waals surface area (Å²) >= 11 is 2.69. The third kappa shape index (κ3) is 2.93. The van der Waals surface area contributed by atoms with Gasteiger partial charge in [0.25, 0.3) is 0 Å². The Morgan fingerprint density at radius 3 is 2.86 bits per heavy atom. The normalized spacial score (nSPS) is 12.1. The molecule has 3 aromatic rings. The number of rotatable bonds is 5. The van der Waals surface area contributed by atoms with E-state index in [2.05, 4.69) is 20.1 Å². The molecule has 0 spiro atoms. The van der Waals surface area contributed by atoms with Gasteiger partial charge in [-0.3, -0.25) is 0 Å². The monoisotopic (exact) mass is 343 g/mol. The van der Waals surface area contributed by atoms with Crippen LogP contribution in [-0.2, 0) is 16.6 Å². The molecule has 0 aliphatic heterocycles. The number of hydrogen-bond acceptors (Lipinski definition) is 7. The molecule has 10 heteroatoms. The maximum absolute atomic E-state index is 11.7. The fourth-order valence-corrected chi connectivity index (χ4v) is 4.70. The van der Waals surface area contributed by atoms with Crippen molar-refractivity contribution in [1.29, 1.82) is 0 Å².